The number of hydrogen-bond acceptors (Lipinski definition) is 15. The van der Waals surface area contributed by atoms with Gasteiger partial charge in [0, 0.05) is 25.7 Å². The molecule has 0 spiro atoms. The van der Waals surface area contributed by atoms with E-state index in [0.29, 0.717) is 25.7 Å². The van der Waals surface area contributed by atoms with E-state index in [0.717, 1.165) is 108 Å². The quantitative estimate of drug-likeness (QED) is 0.0222. The molecule has 94 heavy (non-hydrogen) atoms. The molecule has 0 aromatic carbocycles. The molecular formula is C75H146O17P2. The first kappa shape index (κ1) is 92.1. The summed E-state index contributed by atoms with van der Waals surface area (Å²) in [5.41, 5.74) is 0. The van der Waals surface area contributed by atoms with E-state index in [1.54, 1.807) is 0 Å². The van der Waals surface area contributed by atoms with Crippen LogP contribution in [0.25, 0.3) is 0 Å². The third-order valence-electron chi connectivity index (χ3n) is 17.5. The predicted molar refractivity (Wildman–Crippen MR) is 381 cm³/mol. The second-order valence-corrected chi connectivity index (χ2v) is 30.9. The van der Waals surface area contributed by atoms with Crippen molar-refractivity contribution in [2.24, 2.45) is 11.8 Å². The van der Waals surface area contributed by atoms with Crippen molar-refractivity contribution in [3.63, 3.8) is 0 Å². The van der Waals surface area contributed by atoms with E-state index >= 15 is 0 Å². The molecule has 0 saturated carbocycles. The topological polar surface area (TPSA) is 237 Å². The zero-order valence-electron chi connectivity index (χ0n) is 61.3. The molecule has 0 aliphatic rings. The van der Waals surface area contributed by atoms with Crippen molar-refractivity contribution in [3.05, 3.63) is 0 Å². The lowest BCUT2D eigenvalue weighted by atomic mass is 10.0. The number of ether oxygens (including phenoxy) is 4. The van der Waals surface area contributed by atoms with E-state index in [1.807, 2.05) is 0 Å². The Bertz CT molecular complexity index is 1820. The minimum absolute atomic E-state index is 0.105. The number of aliphatic hydroxyl groups excluding tert-OH is 1. The molecule has 0 fully saturated rings. The van der Waals surface area contributed by atoms with E-state index < -0.39 is 97.5 Å². The Morgan fingerprint density at radius 3 is 0.723 bits per heavy atom. The number of phosphoric ester groups is 2. The van der Waals surface area contributed by atoms with Crippen LogP contribution in [0.4, 0.5) is 0 Å². The Labute approximate surface area is 575 Å². The summed E-state index contributed by atoms with van der Waals surface area (Å²) in [6, 6.07) is 0. The van der Waals surface area contributed by atoms with Crippen molar-refractivity contribution in [1.82, 2.24) is 0 Å². The third-order valence-corrected chi connectivity index (χ3v) is 19.4. The highest BCUT2D eigenvalue weighted by Gasteiger charge is 2.30. The maximum Gasteiger partial charge on any atom is 0.472 e. The van der Waals surface area contributed by atoms with Crippen LogP contribution in [-0.4, -0.2) is 96.7 Å². The number of phosphoric acid groups is 2. The highest BCUT2D eigenvalue weighted by Crippen LogP contribution is 2.45. The molecule has 5 atom stereocenters. The van der Waals surface area contributed by atoms with Crippen molar-refractivity contribution in [2.75, 3.05) is 39.6 Å². The normalized spacial score (nSPS) is 14.0. The standard InChI is InChI=1S/C75H146O17P2/c1-7-9-11-13-14-15-16-17-18-19-20-21-22-23-26-30-36-41-47-53-59-75(80)92-71(64-86-73(78)58-52-46-40-35-29-27-24-25-28-33-38-44-49-55-67(3)4)66-90-94(83,84)88-62-69(76)61-87-93(81,82)89-65-70(63-85-72(77)57-51-43-12-10-8-2)91-74(79)60-54-48-42-37-32-31-34-39-45-50-56-68(5)6/h67-71,76H,7-66H2,1-6H3,(H,81,82)(H,83,84)/t69-,70+,71+/m0/s1. The molecule has 0 radical (unpaired) electrons. The Hall–Kier alpha value is -1.94. The molecule has 0 heterocycles. The first-order valence-electron chi connectivity index (χ1n) is 39.0. The van der Waals surface area contributed by atoms with Gasteiger partial charge < -0.3 is 33.8 Å². The Balaban J connectivity index is 5.14. The van der Waals surface area contributed by atoms with Gasteiger partial charge in [-0.05, 0) is 37.5 Å². The highest BCUT2D eigenvalue weighted by atomic mass is 31.2. The zero-order chi connectivity index (χ0) is 69.3. The lowest BCUT2D eigenvalue weighted by Crippen LogP contribution is -2.30. The summed E-state index contributed by atoms with van der Waals surface area (Å²) in [5.74, 6) is -0.585. The van der Waals surface area contributed by atoms with Gasteiger partial charge in [-0.2, -0.15) is 0 Å². The maximum atomic E-state index is 13.1. The number of carbonyl (C=O) groups is 4. The summed E-state index contributed by atoms with van der Waals surface area (Å²) < 4.78 is 68.3. The summed E-state index contributed by atoms with van der Waals surface area (Å²) in [5, 5.41) is 10.6. The first-order chi connectivity index (χ1) is 45.4. The van der Waals surface area contributed by atoms with Crippen LogP contribution in [0.5, 0.6) is 0 Å². The number of esters is 4. The zero-order valence-corrected chi connectivity index (χ0v) is 63.1. The van der Waals surface area contributed by atoms with E-state index in [2.05, 4.69) is 41.5 Å². The summed E-state index contributed by atoms with van der Waals surface area (Å²) in [4.78, 5) is 72.5. The van der Waals surface area contributed by atoms with Crippen molar-refractivity contribution in [2.45, 2.75) is 407 Å². The van der Waals surface area contributed by atoms with Crippen molar-refractivity contribution in [1.29, 1.82) is 0 Å². The SMILES string of the molecule is CCCCCCCCCCCCCCCCCCCCCCC(=O)O[C@H](COC(=O)CCCCCCCCCCCCCCCC(C)C)COP(=O)(O)OC[C@@H](O)COP(=O)(O)OC[C@@H](COC(=O)CCCCCCC)OC(=O)CCCCCCCCCCCCC(C)C. The van der Waals surface area contributed by atoms with Gasteiger partial charge in [-0.15, -0.1) is 0 Å². The molecule has 0 saturated heterocycles. The van der Waals surface area contributed by atoms with Crippen LogP contribution < -0.4 is 0 Å². The second-order valence-electron chi connectivity index (χ2n) is 28.0. The minimum Gasteiger partial charge on any atom is -0.462 e. The van der Waals surface area contributed by atoms with Gasteiger partial charge in [0.15, 0.2) is 12.2 Å². The number of carbonyl (C=O) groups excluding carboxylic acids is 4. The van der Waals surface area contributed by atoms with Crippen LogP contribution in [0.1, 0.15) is 388 Å². The van der Waals surface area contributed by atoms with Crippen LogP contribution in [0.2, 0.25) is 0 Å². The summed E-state index contributed by atoms with van der Waals surface area (Å²) in [7, 11) is -9.90. The van der Waals surface area contributed by atoms with Gasteiger partial charge in [0.05, 0.1) is 26.4 Å². The van der Waals surface area contributed by atoms with Crippen molar-refractivity contribution in [3.8, 4) is 0 Å². The number of rotatable bonds is 74. The fraction of sp³-hybridized carbons (Fsp3) is 0.947. The second kappa shape index (κ2) is 66.9. The lowest BCUT2D eigenvalue weighted by Gasteiger charge is -2.21. The van der Waals surface area contributed by atoms with Crippen molar-refractivity contribution < 1.29 is 80.2 Å². The minimum atomic E-state index is -4.95. The summed E-state index contributed by atoms with van der Waals surface area (Å²) >= 11 is 0. The molecular weight excluding hydrogens is 1230 g/mol. The van der Waals surface area contributed by atoms with Crippen LogP contribution in [0.15, 0.2) is 0 Å². The fourth-order valence-electron chi connectivity index (χ4n) is 11.5. The van der Waals surface area contributed by atoms with Crippen molar-refractivity contribution >= 4 is 39.5 Å². The van der Waals surface area contributed by atoms with Crippen LogP contribution in [0.3, 0.4) is 0 Å². The molecule has 0 bridgehead atoms. The molecule has 3 N–H and O–H groups in total. The van der Waals surface area contributed by atoms with Gasteiger partial charge in [0.25, 0.3) is 0 Å². The fourth-order valence-corrected chi connectivity index (χ4v) is 13.1. The molecule has 0 rings (SSSR count). The Morgan fingerprint density at radius 2 is 0.489 bits per heavy atom. The van der Waals surface area contributed by atoms with Gasteiger partial charge in [0.1, 0.15) is 19.3 Å². The largest absolute Gasteiger partial charge is 0.472 e. The molecule has 0 aliphatic carbocycles. The maximum absolute atomic E-state index is 13.1. The van der Waals surface area contributed by atoms with E-state index in [4.69, 9.17) is 37.0 Å². The third kappa shape index (κ3) is 68.6. The van der Waals surface area contributed by atoms with E-state index in [-0.39, 0.29) is 25.7 Å². The molecule has 558 valence electrons. The molecule has 0 aromatic heterocycles. The van der Waals surface area contributed by atoms with Gasteiger partial charge in [-0.1, -0.05) is 337 Å². The van der Waals surface area contributed by atoms with Crippen LogP contribution in [0, 0.1) is 11.8 Å². The molecule has 2 unspecified atom stereocenters. The van der Waals surface area contributed by atoms with Gasteiger partial charge in [-0.3, -0.25) is 37.3 Å². The Morgan fingerprint density at radius 1 is 0.287 bits per heavy atom. The van der Waals surface area contributed by atoms with Gasteiger partial charge >= 0.3 is 39.5 Å². The summed E-state index contributed by atoms with van der Waals surface area (Å²) in [6.07, 6.45) is 54.6. The van der Waals surface area contributed by atoms with E-state index in [9.17, 15) is 43.2 Å². The van der Waals surface area contributed by atoms with Crippen LogP contribution in [-0.2, 0) is 65.4 Å². The number of unbranched alkanes of at least 4 members (excludes halogenated alkanes) is 44. The molecule has 0 amide bonds. The molecule has 0 aromatic rings. The first-order valence-corrected chi connectivity index (χ1v) is 42.0. The van der Waals surface area contributed by atoms with Gasteiger partial charge in [-0.25, -0.2) is 9.13 Å². The van der Waals surface area contributed by atoms with Gasteiger partial charge in [0.2, 0.25) is 0 Å². The highest BCUT2D eigenvalue weighted by molar-refractivity contribution is 7.47. The molecule has 19 heteroatoms. The van der Waals surface area contributed by atoms with E-state index in [1.165, 1.54) is 199 Å². The number of aliphatic hydroxyl groups is 1. The Kier molecular flexibility index (Phi) is 65.5. The average Bonchev–Trinajstić information content (AvgIpc) is 1.75. The molecule has 17 nitrogen and oxygen atoms in total. The smallest absolute Gasteiger partial charge is 0.462 e. The monoisotopic (exact) mass is 1380 g/mol. The predicted octanol–water partition coefficient (Wildman–Crippen LogP) is 21.9. The van der Waals surface area contributed by atoms with Crippen LogP contribution >= 0.6 is 15.6 Å². The summed E-state index contributed by atoms with van der Waals surface area (Å²) in [6.45, 7) is 9.50. The molecule has 0 aliphatic heterocycles. The average molecular weight is 1380 g/mol. The lowest BCUT2D eigenvalue weighted by molar-refractivity contribution is -0.161. The number of hydrogen-bond donors (Lipinski definition) is 3.